The summed E-state index contributed by atoms with van der Waals surface area (Å²) in [4.78, 5) is 10.8. The molecule has 5 nitrogen and oxygen atoms in total. The van der Waals surface area contributed by atoms with Crippen LogP contribution >= 0.6 is 0 Å². The van der Waals surface area contributed by atoms with Crippen molar-refractivity contribution in [2.45, 2.75) is 25.6 Å². The second kappa shape index (κ2) is 5.49. The number of rotatable bonds is 5. The van der Waals surface area contributed by atoms with Crippen LogP contribution in [0.1, 0.15) is 18.1 Å². The van der Waals surface area contributed by atoms with Crippen LogP contribution in [0, 0.1) is 6.92 Å². The molecule has 0 bridgehead atoms. The summed E-state index contributed by atoms with van der Waals surface area (Å²) >= 11 is 0. The van der Waals surface area contributed by atoms with Crippen LogP contribution in [0.4, 0.5) is 0 Å². The Labute approximate surface area is 107 Å². The van der Waals surface area contributed by atoms with Crippen LogP contribution in [0.25, 0.3) is 0 Å². The third-order valence-electron chi connectivity index (χ3n) is 2.72. The molecule has 0 amide bonds. The van der Waals surface area contributed by atoms with Gasteiger partial charge in [0, 0.05) is 13.6 Å². The smallest absolute Gasteiger partial charge is 0.323 e. The molecule has 1 aromatic rings. The molecule has 0 aliphatic rings. The number of carbonyl (C=O) groups is 1. The van der Waals surface area contributed by atoms with E-state index in [1.807, 2.05) is 31.2 Å². The Morgan fingerprint density at radius 3 is 2.56 bits per heavy atom. The van der Waals surface area contributed by atoms with Gasteiger partial charge < -0.3 is 5.11 Å². The number of aryl methyl sites for hydroxylation is 1. The maximum Gasteiger partial charge on any atom is 0.323 e. The highest BCUT2D eigenvalue weighted by molar-refractivity contribution is 7.90. The fourth-order valence-electron chi connectivity index (χ4n) is 1.55. The molecule has 1 atom stereocenters. The molecule has 0 aromatic heterocycles. The fraction of sp³-hybridized carbons (Fsp3) is 0.417. The van der Waals surface area contributed by atoms with Gasteiger partial charge in [0.05, 0.1) is 0 Å². The first-order valence-electron chi connectivity index (χ1n) is 5.48. The van der Waals surface area contributed by atoms with E-state index in [0.717, 1.165) is 15.4 Å². The summed E-state index contributed by atoms with van der Waals surface area (Å²) in [6.45, 7) is 3.25. The summed E-state index contributed by atoms with van der Waals surface area (Å²) in [5.41, 5.74) is 1.86. The minimum atomic E-state index is -3.82. The van der Waals surface area contributed by atoms with E-state index in [2.05, 4.69) is 0 Å². The van der Waals surface area contributed by atoms with Gasteiger partial charge in [-0.15, -0.1) is 0 Å². The van der Waals surface area contributed by atoms with E-state index < -0.39 is 21.2 Å². The number of nitrogens with zero attached hydrogens (tertiary/aromatic N) is 1. The minimum Gasteiger partial charge on any atom is -0.480 e. The lowest BCUT2D eigenvalue weighted by Gasteiger charge is -2.19. The first kappa shape index (κ1) is 14.7. The Morgan fingerprint density at radius 1 is 1.44 bits per heavy atom. The maximum absolute atomic E-state index is 11.9. The van der Waals surface area contributed by atoms with Crippen LogP contribution in [-0.2, 0) is 21.4 Å². The highest BCUT2D eigenvalue weighted by atomic mass is 32.2. The summed E-state index contributed by atoms with van der Waals surface area (Å²) < 4.78 is 24.9. The van der Waals surface area contributed by atoms with Crippen LogP contribution in [0.3, 0.4) is 0 Å². The van der Waals surface area contributed by atoms with Gasteiger partial charge in [-0.1, -0.05) is 29.8 Å². The summed E-state index contributed by atoms with van der Waals surface area (Å²) in [5.74, 6) is -1.34. The van der Waals surface area contributed by atoms with Crippen molar-refractivity contribution in [2.75, 3.05) is 7.05 Å². The quantitative estimate of drug-likeness (QED) is 0.874. The van der Waals surface area contributed by atoms with Crippen molar-refractivity contribution in [2.24, 2.45) is 0 Å². The molecule has 0 saturated carbocycles. The summed E-state index contributed by atoms with van der Waals surface area (Å²) in [5, 5.41) is 7.33. The lowest BCUT2D eigenvalue weighted by Crippen LogP contribution is -2.38. The largest absolute Gasteiger partial charge is 0.480 e. The molecule has 0 heterocycles. The lowest BCUT2D eigenvalue weighted by molar-refractivity contribution is -0.136. The average molecular weight is 271 g/mol. The molecule has 0 fully saturated rings. The number of benzene rings is 1. The van der Waals surface area contributed by atoms with E-state index in [1.54, 1.807) is 0 Å². The second-order valence-corrected chi connectivity index (χ2v) is 6.63. The first-order chi connectivity index (χ1) is 8.25. The molecule has 0 saturated heterocycles. The van der Waals surface area contributed by atoms with Crippen molar-refractivity contribution in [3.63, 3.8) is 0 Å². The van der Waals surface area contributed by atoms with E-state index in [1.165, 1.54) is 14.0 Å². The van der Waals surface area contributed by atoms with Gasteiger partial charge in [0.1, 0.15) is 0 Å². The molecule has 0 spiro atoms. The van der Waals surface area contributed by atoms with Crippen molar-refractivity contribution < 1.29 is 18.3 Å². The highest BCUT2D eigenvalue weighted by Crippen LogP contribution is 2.13. The second-order valence-electron chi connectivity index (χ2n) is 4.27. The Morgan fingerprint density at radius 2 is 2.06 bits per heavy atom. The number of aliphatic carboxylic acids is 1. The number of hydrogen-bond donors (Lipinski definition) is 1. The van der Waals surface area contributed by atoms with Gasteiger partial charge in [0.25, 0.3) is 0 Å². The standard InChI is InChI=1S/C12H17NO4S/c1-9-5-4-6-11(7-9)8-13(3)18(16,17)10(2)12(14)15/h4-7,10H,8H2,1-3H3,(H,14,15). The van der Waals surface area contributed by atoms with Gasteiger partial charge in [-0.3, -0.25) is 4.79 Å². The van der Waals surface area contributed by atoms with E-state index in [0.29, 0.717) is 0 Å². The van der Waals surface area contributed by atoms with Crippen LogP contribution < -0.4 is 0 Å². The molecule has 0 aliphatic heterocycles. The Bertz CT molecular complexity index is 539. The molecule has 1 N–H and O–H groups in total. The van der Waals surface area contributed by atoms with Crippen molar-refractivity contribution >= 4 is 16.0 Å². The lowest BCUT2D eigenvalue weighted by atomic mass is 10.1. The van der Waals surface area contributed by atoms with Crippen LogP contribution in [0.5, 0.6) is 0 Å². The predicted molar refractivity (Wildman–Crippen MR) is 68.7 cm³/mol. The third kappa shape index (κ3) is 3.30. The van der Waals surface area contributed by atoms with Crippen LogP contribution in [0.15, 0.2) is 24.3 Å². The van der Waals surface area contributed by atoms with E-state index in [4.69, 9.17) is 5.11 Å². The van der Waals surface area contributed by atoms with Crippen molar-refractivity contribution in [3.05, 3.63) is 35.4 Å². The van der Waals surface area contributed by atoms with Crippen LogP contribution in [0.2, 0.25) is 0 Å². The molecular formula is C12H17NO4S. The molecule has 100 valence electrons. The molecule has 18 heavy (non-hydrogen) atoms. The van der Waals surface area contributed by atoms with E-state index in [-0.39, 0.29) is 6.54 Å². The third-order valence-corrected chi connectivity index (χ3v) is 4.81. The van der Waals surface area contributed by atoms with E-state index in [9.17, 15) is 13.2 Å². The van der Waals surface area contributed by atoms with Gasteiger partial charge >= 0.3 is 5.97 Å². The topological polar surface area (TPSA) is 74.7 Å². The maximum atomic E-state index is 11.9. The summed E-state index contributed by atoms with van der Waals surface area (Å²) in [6, 6.07) is 7.44. The van der Waals surface area contributed by atoms with E-state index >= 15 is 0 Å². The van der Waals surface area contributed by atoms with Gasteiger partial charge in [0.2, 0.25) is 10.0 Å². The monoisotopic (exact) mass is 271 g/mol. The SMILES string of the molecule is Cc1cccc(CN(C)S(=O)(=O)C(C)C(=O)O)c1. The zero-order chi connectivity index (χ0) is 13.9. The van der Waals surface area contributed by atoms with Gasteiger partial charge in [-0.2, -0.15) is 4.31 Å². The normalized spacial score (nSPS) is 13.6. The van der Waals surface area contributed by atoms with Crippen molar-refractivity contribution in [3.8, 4) is 0 Å². The van der Waals surface area contributed by atoms with Gasteiger partial charge in [-0.25, -0.2) is 8.42 Å². The summed E-state index contributed by atoms with van der Waals surface area (Å²) in [7, 11) is -2.43. The molecule has 1 rings (SSSR count). The predicted octanol–water partition coefficient (Wildman–Crippen LogP) is 1.23. The Kier molecular flexibility index (Phi) is 4.48. The Hall–Kier alpha value is -1.40. The molecule has 0 radical (unpaired) electrons. The molecular weight excluding hydrogens is 254 g/mol. The van der Waals surface area contributed by atoms with Crippen LogP contribution in [-0.4, -0.2) is 36.1 Å². The van der Waals surface area contributed by atoms with Gasteiger partial charge in [0.15, 0.2) is 5.25 Å². The van der Waals surface area contributed by atoms with Crippen molar-refractivity contribution in [1.29, 1.82) is 0 Å². The molecule has 1 unspecified atom stereocenters. The molecule has 6 heteroatoms. The zero-order valence-corrected chi connectivity index (χ0v) is 11.4. The number of carboxylic acids is 1. The average Bonchev–Trinajstić information content (AvgIpc) is 2.27. The number of sulfonamides is 1. The first-order valence-corrected chi connectivity index (χ1v) is 6.99. The number of carboxylic acid groups (broad SMARTS) is 1. The fourth-order valence-corrected chi connectivity index (χ4v) is 2.68. The highest BCUT2D eigenvalue weighted by Gasteiger charge is 2.31. The molecule has 0 aliphatic carbocycles. The minimum absolute atomic E-state index is 0.168. The molecule has 1 aromatic carbocycles. The Balaban J connectivity index is 2.89. The summed E-state index contributed by atoms with van der Waals surface area (Å²) in [6.07, 6.45) is 0. The van der Waals surface area contributed by atoms with Crippen molar-refractivity contribution in [1.82, 2.24) is 4.31 Å². The zero-order valence-electron chi connectivity index (χ0n) is 10.6. The van der Waals surface area contributed by atoms with Gasteiger partial charge in [-0.05, 0) is 19.4 Å². The number of hydrogen-bond acceptors (Lipinski definition) is 3.